The Labute approximate surface area is 453 Å². The van der Waals surface area contributed by atoms with Crippen molar-refractivity contribution in [1.29, 1.82) is 0 Å². The van der Waals surface area contributed by atoms with Crippen LogP contribution in [0.25, 0.3) is 0 Å². The SMILES string of the molecule is NC(CCc1cc(I)c(Oc2cc(I)c(OC(=O)COCCOCC(=O)Oc3c(I)cc(Oc4c(I)cc(CCC(N)C(=O)O)cc4I)cc3I)c(I)c2)c(I)c1)C(=O)O. The number of benzene rings is 4. The molecule has 0 spiro atoms. The molecule has 4 rings (SSSR count). The van der Waals surface area contributed by atoms with Crippen LogP contribution in [0.3, 0.4) is 0 Å². The smallest absolute Gasteiger partial charge is 0.337 e. The number of aryl methyl sites for hydroxylation is 2. The van der Waals surface area contributed by atoms with E-state index in [2.05, 4.69) is 181 Å². The summed E-state index contributed by atoms with van der Waals surface area (Å²) in [6.07, 6.45) is 1.68. The van der Waals surface area contributed by atoms with E-state index in [-0.39, 0.29) is 26.4 Å². The molecular formula is C38H32I8N2O12. The topological polar surface area (TPSA) is 216 Å². The third kappa shape index (κ3) is 16.5. The fraction of sp³-hybridized carbons (Fsp3) is 0.263. The van der Waals surface area contributed by atoms with E-state index in [9.17, 15) is 19.2 Å². The number of nitrogens with two attached hydrogens (primary N) is 2. The van der Waals surface area contributed by atoms with Crippen LogP contribution < -0.4 is 30.4 Å². The zero-order valence-corrected chi connectivity index (χ0v) is 47.8. The van der Waals surface area contributed by atoms with Crippen LogP contribution in [0, 0.1) is 28.6 Å². The quantitative estimate of drug-likeness (QED) is 0.0265. The number of esters is 2. The molecule has 14 nitrogen and oxygen atoms in total. The summed E-state index contributed by atoms with van der Waals surface area (Å²) in [7, 11) is 0. The van der Waals surface area contributed by atoms with Crippen molar-refractivity contribution in [3.8, 4) is 34.5 Å². The van der Waals surface area contributed by atoms with Gasteiger partial charge in [-0.05, 0) is 266 Å². The summed E-state index contributed by atoms with van der Waals surface area (Å²) >= 11 is 17.0. The zero-order valence-electron chi connectivity index (χ0n) is 30.6. The Morgan fingerprint density at radius 3 is 1.05 bits per heavy atom. The monoisotopic (exact) mass is 1720 g/mol. The number of ether oxygens (including phenoxy) is 6. The van der Waals surface area contributed by atoms with Gasteiger partial charge in [0, 0.05) is 0 Å². The van der Waals surface area contributed by atoms with Crippen LogP contribution in [0.4, 0.5) is 0 Å². The minimum atomic E-state index is -1.03. The first-order valence-corrected chi connectivity index (χ1v) is 25.8. The largest absolute Gasteiger partial charge is 0.480 e. The van der Waals surface area contributed by atoms with E-state index in [4.69, 9.17) is 50.1 Å². The van der Waals surface area contributed by atoms with E-state index < -0.39 is 36.0 Å². The Balaban J connectivity index is 1.20. The summed E-state index contributed by atoms with van der Waals surface area (Å²) in [5.74, 6) is -0.163. The highest BCUT2D eigenvalue weighted by Crippen LogP contribution is 2.39. The average molecular weight is 1720 g/mol. The molecule has 0 saturated carbocycles. The van der Waals surface area contributed by atoms with Gasteiger partial charge >= 0.3 is 23.9 Å². The van der Waals surface area contributed by atoms with Crippen molar-refractivity contribution in [2.24, 2.45) is 11.5 Å². The van der Waals surface area contributed by atoms with Crippen LogP contribution in [-0.4, -0.2) is 72.6 Å². The van der Waals surface area contributed by atoms with Crippen molar-refractivity contribution in [3.63, 3.8) is 0 Å². The molecule has 2 atom stereocenters. The molecule has 0 aliphatic heterocycles. The van der Waals surface area contributed by atoms with E-state index >= 15 is 0 Å². The van der Waals surface area contributed by atoms with Crippen molar-refractivity contribution in [2.75, 3.05) is 26.4 Å². The highest BCUT2D eigenvalue weighted by atomic mass is 127. The van der Waals surface area contributed by atoms with Crippen molar-refractivity contribution < 1.29 is 57.8 Å². The Morgan fingerprint density at radius 1 is 0.483 bits per heavy atom. The fourth-order valence-electron chi connectivity index (χ4n) is 4.94. The summed E-state index contributed by atoms with van der Waals surface area (Å²) in [6, 6.07) is 12.9. The molecule has 0 saturated heterocycles. The number of carbonyl (C=O) groups excluding carboxylic acids is 2. The number of hydrogen-bond acceptors (Lipinski definition) is 12. The minimum absolute atomic E-state index is 0.0291. The highest BCUT2D eigenvalue weighted by molar-refractivity contribution is 14.1. The molecule has 0 aliphatic carbocycles. The number of halogens is 8. The number of aliphatic carboxylic acids is 2. The average Bonchev–Trinajstić information content (AvgIpc) is 3.16. The third-order valence-electron chi connectivity index (χ3n) is 7.87. The van der Waals surface area contributed by atoms with Crippen LogP contribution in [-0.2, 0) is 41.5 Å². The summed E-state index contributed by atoms with van der Waals surface area (Å²) in [4.78, 5) is 47.4. The molecule has 2 unspecified atom stereocenters. The Bertz CT molecular complexity index is 2000. The van der Waals surface area contributed by atoms with Crippen molar-refractivity contribution in [2.45, 2.75) is 37.8 Å². The second-order valence-corrected chi connectivity index (χ2v) is 21.7. The van der Waals surface area contributed by atoms with Crippen LogP contribution >= 0.6 is 181 Å². The number of carbonyl (C=O) groups is 4. The first-order chi connectivity index (χ1) is 28.3. The molecule has 22 heteroatoms. The first kappa shape index (κ1) is 52.7. The van der Waals surface area contributed by atoms with Gasteiger partial charge in [0.1, 0.15) is 36.8 Å². The number of hydrogen-bond donors (Lipinski definition) is 4. The Morgan fingerprint density at radius 2 is 0.767 bits per heavy atom. The van der Waals surface area contributed by atoms with E-state index in [1.807, 2.05) is 24.3 Å². The number of carboxylic acid groups (broad SMARTS) is 2. The molecule has 0 amide bonds. The predicted molar refractivity (Wildman–Crippen MR) is 288 cm³/mol. The van der Waals surface area contributed by atoms with E-state index in [1.165, 1.54) is 0 Å². The summed E-state index contributed by atoms with van der Waals surface area (Å²) in [6.45, 7) is -0.623. The minimum Gasteiger partial charge on any atom is -0.480 e. The molecule has 0 aliphatic rings. The molecular weight excluding hydrogens is 1690 g/mol. The van der Waals surface area contributed by atoms with Crippen LogP contribution in [0.5, 0.6) is 34.5 Å². The van der Waals surface area contributed by atoms with E-state index in [1.54, 1.807) is 24.3 Å². The van der Waals surface area contributed by atoms with E-state index in [0.717, 1.165) is 25.4 Å². The van der Waals surface area contributed by atoms with Gasteiger partial charge in [0.25, 0.3) is 0 Å². The normalized spacial score (nSPS) is 12.1. The standard InChI is InChI=1S/C38H32I8N2O12/c39-21-7-17(1-3-29(47)37(51)52)8-22(40)33(21)57-19-11-25(43)35(26(44)12-19)59-31(49)15-55-5-6-56-16-32(50)60-36-27(45)13-20(14-28(36)46)58-34-23(41)9-18(10-24(34)42)2-4-30(48)38(53)54/h7-14,29-30H,1-6,15-16,47-48H2,(H,51,52)(H,53,54). The lowest BCUT2D eigenvalue weighted by atomic mass is 10.1. The molecule has 4 aromatic rings. The molecule has 60 heavy (non-hydrogen) atoms. The van der Waals surface area contributed by atoms with Gasteiger partial charge < -0.3 is 50.1 Å². The molecule has 0 heterocycles. The maximum Gasteiger partial charge on any atom is 0.337 e. The lowest BCUT2D eigenvalue weighted by Gasteiger charge is -2.15. The van der Waals surface area contributed by atoms with Gasteiger partial charge in [0.15, 0.2) is 23.0 Å². The highest BCUT2D eigenvalue weighted by Gasteiger charge is 2.20. The van der Waals surface area contributed by atoms with Gasteiger partial charge in [-0.15, -0.1) is 0 Å². The van der Waals surface area contributed by atoms with Gasteiger partial charge in [-0.3, -0.25) is 9.59 Å². The number of rotatable bonds is 21. The summed E-state index contributed by atoms with van der Waals surface area (Å²) in [5.41, 5.74) is 13.2. The van der Waals surface area contributed by atoms with Crippen LogP contribution in [0.1, 0.15) is 24.0 Å². The maximum atomic E-state index is 12.6. The second-order valence-electron chi connectivity index (χ2n) is 12.4. The van der Waals surface area contributed by atoms with Gasteiger partial charge in [-0.1, -0.05) is 0 Å². The summed E-state index contributed by atoms with van der Waals surface area (Å²) < 4.78 is 40.4. The van der Waals surface area contributed by atoms with Crippen molar-refractivity contribution in [3.05, 3.63) is 88.2 Å². The Hall–Kier alpha value is 0.0400. The van der Waals surface area contributed by atoms with Gasteiger partial charge in [-0.25, -0.2) is 9.59 Å². The van der Waals surface area contributed by atoms with Gasteiger partial charge in [-0.2, -0.15) is 0 Å². The molecule has 0 radical (unpaired) electrons. The third-order valence-corrected chi connectivity index (χ3v) is 14.3. The predicted octanol–water partition coefficient (Wildman–Crippen LogP) is 9.34. The molecule has 6 N–H and O–H groups in total. The fourth-order valence-corrected chi connectivity index (χ4v) is 13.0. The van der Waals surface area contributed by atoms with E-state index in [0.29, 0.717) is 74.5 Å². The molecule has 322 valence electrons. The van der Waals surface area contributed by atoms with Crippen molar-refractivity contribution >= 4 is 205 Å². The lowest BCUT2D eigenvalue weighted by molar-refractivity contribution is -0.143. The lowest BCUT2D eigenvalue weighted by Crippen LogP contribution is -2.30. The van der Waals surface area contributed by atoms with Crippen molar-refractivity contribution in [1.82, 2.24) is 0 Å². The Kier molecular flexibility index (Phi) is 22.5. The van der Waals surface area contributed by atoms with Crippen LogP contribution in [0.15, 0.2) is 48.5 Å². The first-order valence-electron chi connectivity index (χ1n) is 17.2. The molecule has 0 bridgehead atoms. The maximum absolute atomic E-state index is 12.6. The number of carboxylic acids is 2. The molecule has 0 aromatic heterocycles. The summed E-state index contributed by atoms with van der Waals surface area (Å²) in [5, 5.41) is 18.1. The zero-order chi connectivity index (χ0) is 44.3. The van der Waals surface area contributed by atoms with Gasteiger partial charge in [0.2, 0.25) is 0 Å². The molecule has 4 aromatic carbocycles. The van der Waals surface area contributed by atoms with Crippen LogP contribution in [0.2, 0.25) is 0 Å². The van der Waals surface area contributed by atoms with Gasteiger partial charge in [0.05, 0.1) is 41.8 Å². The second kappa shape index (κ2) is 25.7. The molecule has 0 fully saturated rings.